The molecule has 0 aromatic heterocycles. The van der Waals surface area contributed by atoms with Crippen molar-refractivity contribution in [3.8, 4) is 0 Å². The van der Waals surface area contributed by atoms with Crippen LogP contribution in [0.1, 0.15) is 31.2 Å². The van der Waals surface area contributed by atoms with Crippen LogP contribution in [0.2, 0.25) is 0 Å². The molecule has 10 nitrogen and oxygen atoms in total. The molecule has 12 heteroatoms. The first-order chi connectivity index (χ1) is 13.1. The number of hydrogen-bond donors (Lipinski definition) is 4. The average Bonchev–Trinajstić information content (AvgIpc) is 3.52. The minimum atomic E-state index is -3.81. The zero-order valence-corrected chi connectivity index (χ0v) is 17.0. The standard InChI is InChI=1S/C12H16N2O4S.C4H10N2O2S/c15-12(18-9-11-4-2-1-3-5-11)14-19(16,17)13-8-10-6-7-10;5-9(7,8)6-3-4-1-2-4/h1-5,10,13H,6-9H2,(H,14,15);4,6H,1-3H2,(H2,5,7,8). The zero-order valence-electron chi connectivity index (χ0n) is 15.3. The highest BCUT2D eigenvalue weighted by Gasteiger charge is 2.24. The first kappa shape index (κ1) is 22.6. The minimum absolute atomic E-state index is 0.0326. The molecule has 2 saturated carbocycles. The highest BCUT2D eigenvalue weighted by molar-refractivity contribution is 7.88. The van der Waals surface area contributed by atoms with Crippen LogP contribution in [0.5, 0.6) is 0 Å². The van der Waals surface area contributed by atoms with Crippen molar-refractivity contribution in [3.05, 3.63) is 35.9 Å². The van der Waals surface area contributed by atoms with Gasteiger partial charge in [0, 0.05) is 13.1 Å². The van der Waals surface area contributed by atoms with Crippen molar-refractivity contribution in [2.45, 2.75) is 32.3 Å². The Morgan fingerprint density at radius 3 is 2.00 bits per heavy atom. The lowest BCUT2D eigenvalue weighted by Gasteiger charge is -2.08. The summed E-state index contributed by atoms with van der Waals surface area (Å²) in [7, 11) is -7.24. The first-order valence-electron chi connectivity index (χ1n) is 8.88. The molecule has 0 unspecified atom stereocenters. The third kappa shape index (κ3) is 11.2. The second-order valence-electron chi connectivity index (χ2n) is 6.80. The molecule has 0 radical (unpaired) electrons. The lowest BCUT2D eigenvalue weighted by atomic mass is 10.2. The fraction of sp³-hybridized carbons (Fsp3) is 0.562. The number of benzene rings is 1. The van der Waals surface area contributed by atoms with Gasteiger partial charge in [-0.25, -0.2) is 19.4 Å². The lowest BCUT2D eigenvalue weighted by Crippen LogP contribution is -2.41. The molecular formula is C16H26N4O6S2. The SMILES string of the molecule is NS(=O)(=O)NCC1CC1.O=C(NS(=O)(=O)NCC1CC1)OCc1ccccc1. The summed E-state index contributed by atoms with van der Waals surface area (Å²) in [5.74, 6) is 0.945. The van der Waals surface area contributed by atoms with E-state index < -0.39 is 26.5 Å². The smallest absolute Gasteiger partial charge is 0.422 e. The second-order valence-corrected chi connectivity index (χ2v) is 9.67. The molecule has 5 N–H and O–H groups in total. The summed E-state index contributed by atoms with van der Waals surface area (Å²) in [4.78, 5) is 11.3. The number of carbonyl (C=O) groups excluding carboxylic acids is 1. The summed E-state index contributed by atoms with van der Waals surface area (Å²) in [5.41, 5.74) is 0.793. The van der Waals surface area contributed by atoms with Crippen LogP contribution in [0.4, 0.5) is 4.79 Å². The van der Waals surface area contributed by atoms with Crippen LogP contribution < -0.4 is 19.3 Å². The molecule has 0 heterocycles. The van der Waals surface area contributed by atoms with Gasteiger partial charge in [-0.2, -0.15) is 21.6 Å². The van der Waals surface area contributed by atoms with Crippen molar-refractivity contribution in [1.82, 2.24) is 14.2 Å². The first-order valence-corrected chi connectivity index (χ1v) is 11.9. The van der Waals surface area contributed by atoms with Crippen LogP contribution >= 0.6 is 0 Å². The topological polar surface area (TPSA) is 157 Å². The van der Waals surface area contributed by atoms with Crippen molar-refractivity contribution in [3.63, 3.8) is 0 Å². The van der Waals surface area contributed by atoms with Gasteiger partial charge in [0.05, 0.1) is 0 Å². The van der Waals surface area contributed by atoms with Crippen LogP contribution in [0, 0.1) is 11.8 Å². The van der Waals surface area contributed by atoms with E-state index in [-0.39, 0.29) is 6.61 Å². The molecular weight excluding hydrogens is 408 g/mol. The third-order valence-electron chi connectivity index (χ3n) is 3.96. The van der Waals surface area contributed by atoms with E-state index in [0.717, 1.165) is 31.2 Å². The number of hydrogen-bond acceptors (Lipinski definition) is 6. The highest BCUT2D eigenvalue weighted by atomic mass is 32.2. The molecule has 0 spiro atoms. The Bertz CT molecular complexity index is 837. The molecule has 0 bridgehead atoms. The largest absolute Gasteiger partial charge is 0.444 e. The summed E-state index contributed by atoms with van der Waals surface area (Å²) in [6.07, 6.45) is 3.33. The van der Waals surface area contributed by atoms with Crippen LogP contribution in [-0.2, 0) is 31.8 Å². The normalized spacial score (nSPS) is 16.6. The third-order valence-corrected chi connectivity index (χ3v) is 5.51. The van der Waals surface area contributed by atoms with Gasteiger partial charge in [-0.15, -0.1) is 0 Å². The van der Waals surface area contributed by atoms with Gasteiger partial charge in [0.1, 0.15) is 6.61 Å². The van der Waals surface area contributed by atoms with Gasteiger partial charge in [-0.05, 0) is 43.1 Å². The molecule has 0 atom stereocenters. The number of nitrogens with one attached hydrogen (secondary N) is 3. The molecule has 0 aliphatic heterocycles. The van der Waals surface area contributed by atoms with Crippen molar-refractivity contribution in [2.75, 3.05) is 13.1 Å². The number of ether oxygens (including phenoxy) is 1. The van der Waals surface area contributed by atoms with E-state index in [4.69, 9.17) is 4.74 Å². The highest BCUT2D eigenvalue weighted by Crippen LogP contribution is 2.28. The number of rotatable bonds is 9. The molecule has 2 fully saturated rings. The second kappa shape index (κ2) is 10.2. The molecule has 0 saturated heterocycles. The Hall–Kier alpha value is -1.73. The Balaban J connectivity index is 0.000000261. The summed E-state index contributed by atoms with van der Waals surface area (Å²) >= 11 is 0. The van der Waals surface area contributed by atoms with Crippen LogP contribution in [0.15, 0.2) is 30.3 Å². The molecule has 28 heavy (non-hydrogen) atoms. The predicted molar refractivity (Wildman–Crippen MR) is 103 cm³/mol. The molecule has 3 rings (SSSR count). The van der Waals surface area contributed by atoms with Gasteiger partial charge in [-0.1, -0.05) is 30.3 Å². The van der Waals surface area contributed by atoms with E-state index >= 15 is 0 Å². The maximum absolute atomic E-state index is 11.5. The van der Waals surface area contributed by atoms with E-state index in [1.165, 1.54) is 0 Å². The van der Waals surface area contributed by atoms with Crippen LogP contribution in [0.25, 0.3) is 0 Å². The van der Waals surface area contributed by atoms with Crippen molar-refractivity contribution < 1.29 is 26.4 Å². The van der Waals surface area contributed by atoms with E-state index in [1.54, 1.807) is 12.1 Å². The predicted octanol–water partition coefficient (Wildman–Crippen LogP) is 0.347. The van der Waals surface area contributed by atoms with Gasteiger partial charge in [-0.3, -0.25) is 0 Å². The van der Waals surface area contributed by atoms with E-state index in [0.29, 0.717) is 24.9 Å². The quantitative estimate of drug-likeness (QED) is 0.439. The Morgan fingerprint density at radius 1 is 0.964 bits per heavy atom. The maximum atomic E-state index is 11.5. The summed E-state index contributed by atoms with van der Waals surface area (Å²) < 4.78 is 54.6. The van der Waals surface area contributed by atoms with Crippen LogP contribution in [0.3, 0.4) is 0 Å². The lowest BCUT2D eigenvalue weighted by molar-refractivity contribution is 0.146. The number of nitrogens with two attached hydrogens (primary N) is 1. The zero-order chi connectivity index (χ0) is 20.6. The molecule has 1 amide bonds. The van der Waals surface area contributed by atoms with Crippen molar-refractivity contribution in [1.29, 1.82) is 0 Å². The van der Waals surface area contributed by atoms with E-state index in [2.05, 4.69) is 14.6 Å². The molecule has 2 aliphatic carbocycles. The van der Waals surface area contributed by atoms with Crippen molar-refractivity contribution in [2.24, 2.45) is 17.0 Å². The average molecular weight is 435 g/mol. The molecule has 158 valence electrons. The summed E-state index contributed by atoms with van der Waals surface area (Å²) in [5, 5.41) is 4.67. The van der Waals surface area contributed by atoms with E-state index in [1.807, 2.05) is 22.9 Å². The summed E-state index contributed by atoms with van der Waals surface area (Å²) in [6.45, 7) is 0.908. The van der Waals surface area contributed by atoms with Gasteiger partial charge in [0.25, 0.3) is 10.2 Å². The molecule has 1 aromatic rings. The Morgan fingerprint density at radius 2 is 1.50 bits per heavy atom. The summed E-state index contributed by atoms with van der Waals surface area (Å²) in [6, 6.07) is 9.03. The fourth-order valence-electron chi connectivity index (χ4n) is 2.00. The van der Waals surface area contributed by atoms with Crippen molar-refractivity contribution >= 4 is 26.5 Å². The Labute approximate surface area is 165 Å². The van der Waals surface area contributed by atoms with Gasteiger partial charge in [0.2, 0.25) is 0 Å². The van der Waals surface area contributed by atoms with Gasteiger partial charge in [0.15, 0.2) is 0 Å². The maximum Gasteiger partial charge on any atom is 0.422 e. The van der Waals surface area contributed by atoms with Gasteiger partial charge < -0.3 is 4.74 Å². The number of amides is 1. The minimum Gasteiger partial charge on any atom is -0.444 e. The van der Waals surface area contributed by atoms with Gasteiger partial charge >= 0.3 is 16.3 Å². The number of carbonyl (C=O) groups is 1. The molecule has 1 aromatic carbocycles. The van der Waals surface area contributed by atoms with E-state index in [9.17, 15) is 21.6 Å². The monoisotopic (exact) mass is 434 g/mol. The fourth-order valence-corrected chi connectivity index (χ4v) is 3.28. The Kier molecular flexibility index (Phi) is 8.19. The van der Waals surface area contributed by atoms with Crippen LogP contribution in [-0.4, -0.2) is 36.0 Å². The molecule has 2 aliphatic rings.